The van der Waals surface area contributed by atoms with Gasteiger partial charge in [0, 0.05) is 23.1 Å². The van der Waals surface area contributed by atoms with Gasteiger partial charge in [0.25, 0.3) is 0 Å². The summed E-state index contributed by atoms with van der Waals surface area (Å²) in [5.41, 5.74) is 4.60. The van der Waals surface area contributed by atoms with Gasteiger partial charge >= 0.3 is 12.1 Å². The molecule has 4 aromatic rings. The Morgan fingerprint density at radius 1 is 0.911 bits per heavy atom. The second-order valence-corrected chi connectivity index (χ2v) is 18.4. The molecule has 0 fully saturated rings. The summed E-state index contributed by atoms with van der Waals surface area (Å²) in [7, 11) is -0.703. The Morgan fingerprint density at radius 3 is 2.36 bits per heavy atom. The van der Waals surface area contributed by atoms with Crippen molar-refractivity contribution < 1.29 is 32.6 Å². The fourth-order valence-electron chi connectivity index (χ4n) is 4.51. The molecule has 1 aromatic heterocycles. The number of hydrogen-bond acceptors (Lipinski definition) is 7. The zero-order valence-electron chi connectivity index (χ0n) is 27.8. The molecule has 9 heteroatoms. The molecule has 0 aliphatic heterocycles. The van der Waals surface area contributed by atoms with E-state index in [1.54, 1.807) is 6.26 Å². The van der Waals surface area contributed by atoms with Crippen LogP contribution in [0.2, 0.25) is 18.1 Å². The van der Waals surface area contributed by atoms with Crippen LogP contribution in [0.5, 0.6) is 11.5 Å². The van der Waals surface area contributed by atoms with E-state index in [9.17, 15) is 9.59 Å². The molecule has 0 bridgehead atoms. The monoisotopic (exact) mass is 631 g/mol. The lowest BCUT2D eigenvalue weighted by atomic mass is 9.99. The third-order valence-electron chi connectivity index (χ3n) is 7.85. The number of fused-ring (bicyclic) bond motifs is 1. The Balaban J connectivity index is 1.58. The van der Waals surface area contributed by atoms with E-state index in [0.29, 0.717) is 17.9 Å². The van der Waals surface area contributed by atoms with E-state index in [1.165, 1.54) is 7.11 Å². The third-order valence-corrected chi connectivity index (χ3v) is 12.2. The van der Waals surface area contributed by atoms with Gasteiger partial charge in [0.05, 0.1) is 19.8 Å². The van der Waals surface area contributed by atoms with Gasteiger partial charge in [-0.1, -0.05) is 39.0 Å². The number of amides is 1. The average Bonchev–Trinajstić information content (AvgIpc) is 3.42. The Kier molecular flexibility index (Phi) is 10.0. The van der Waals surface area contributed by atoms with Gasteiger partial charge in [0.2, 0.25) is 8.32 Å². The van der Waals surface area contributed by atoms with E-state index in [1.807, 2.05) is 81.4 Å². The van der Waals surface area contributed by atoms with E-state index in [2.05, 4.69) is 39.2 Å². The predicted molar refractivity (Wildman–Crippen MR) is 179 cm³/mol. The maximum atomic E-state index is 12.3. The molecule has 8 nitrogen and oxygen atoms in total. The molecule has 1 amide bonds. The fourth-order valence-corrected chi connectivity index (χ4v) is 5.54. The maximum absolute atomic E-state index is 12.3. The number of nitrogens with one attached hydrogen (secondary N) is 1. The molecule has 1 heterocycles. The van der Waals surface area contributed by atoms with Crippen LogP contribution in [0, 0.1) is 0 Å². The average molecular weight is 632 g/mol. The predicted octanol–water partition coefficient (Wildman–Crippen LogP) is 8.80. The van der Waals surface area contributed by atoms with Crippen molar-refractivity contribution in [3.05, 3.63) is 83.6 Å². The summed E-state index contributed by atoms with van der Waals surface area (Å²) in [5, 5.41) is 3.79. The highest BCUT2D eigenvalue weighted by Gasteiger charge is 2.39. The third kappa shape index (κ3) is 8.91. The van der Waals surface area contributed by atoms with Gasteiger partial charge in [0.1, 0.15) is 29.3 Å². The minimum Gasteiger partial charge on any atom is -0.543 e. The molecule has 240 valence electrons. The summed E-state index contributed by atoms with van der Waals surface area (Å²) in [5.74, 6) is 0.954. The van der Waals surface area contributed by atoms with Gasteiger partial charge in [-0.05, 0) is 98.1 Å². The molecular weight excluding hydrogens is 586 g/mol. The molecule has 3 aromatic carbocycles. The molecule has 0 radical (unpaired) electrons. The second-order valence-electron chi connectivity index (χ2n) is 13.7. The zero-order chi connectivity index (χ0) is 33.0. The van der Waals surface area contributed by atoms with Crippen molar-refractivity contribution in [3.63, 3.8) is 0 Å². The highest BCUT2D eigenvalue weighted by Crippen LogP contribution is 2.38. The van der Waals surface area contributed by atoms with Crippen molar-refractivity contribution >= 4 is 31.3 Å². The van der Waals surface area contributed by atoms with Crippen molar-refractivity contribution in [2.75, 3.05) is 7.11 Å². The Hall–Kier alpha value is -4.24. The van der Waals surface area contributed by atoms with Crippen LogP contribution in [-0.4, -0.2) is 33.1 Å². The topological polar surface area (TPSA) is 96.2 Å². The molecular formula is C36H45NO7Si. The number of carbonyl (C=O) groups is 2. The Morgan fingerprint density at radius 2 is 1.67 bits per heavy atom. The summed E-state index contributed by atoms with van der Waals surface area (Å²) in [6, 6.07) is 19.6. The lowest BCUT2D eigenvalue weighted by molar-refractivity contribution is -0.139. The number of methoxy groups -OCH3 is 1. The quantitative estimate of drug-likeness (QED) is 0.138. The van der Waals surface area contributed by atoms with Gasteiger partial charge in [0.15, 0.2) is 0 Å². The molecule has 0 unspecified atom stereocenters. The number of hydrogen-bond donors (Lipinski definition) is 1. The van der Waals surface area contributed by atoms with E-state index in [4.69, 9.17) is 23.1 Å². The number of esters is 1. The Labute approximate surface area is 267 Å². The van der Waals surface area contributed by atoms with Crippen molar-refractivity contribution in [1.29, 1.82) is 0 Å². The SMILES string of the molecule is COC(=O)Cc1cc(O[Si](C)(C)C(C)(C)C)ccc1OCc1cc(-c2cccc(CNC(=O)OC(C)(C)C)c2)c2occc2c1. The lowest BCUT2D eigenvalue weighted by Crippen LogP contribution is -2.43. The summed E-state index contributed by atoms with van der Waals surface area (Å²) in [6.07, 6.45) is 1.27. The minimum atomic E-state index is -2.08. The number of carbonyl (C=O) groups excluding carboxylic acids is 2. The highest BCUT2D eigenvalue weighted by molar-refractivity contribution is 6.74. The van der Waals surface area contributed by atoms with Crippen LogP contribution in [0.25, 0.3) is 22.1 Å². The highest BCUT2D eigenvalue weighted by atomic mass is 28.4. The van der Waals surface area contributed by atoms with Gasteiger partial charge < -0.3 is 28.4 Å². The first kappa shape index (κ1) is 33.6. The zero-order valence-corrected chi connectivity index (χ0v) is 28.8. The Bertz CT molecular complexity index is 1660. The standard InChI is InChI=1S/C36H45NO7Si/c1-35(2,3)43-34(39)37-22-24-11-10-12-26(17-24)30-19-25(18-27-15-16-41-33(27)30)23-42-31-14-13-29(20-28(31)21-32(38)40-7)44-45(8,9)36(4,5)6/h10-20H,21-23H2,1-9H3,(H,37,39). The number of furan rings is 1. The largest absolute Gasteiger partial charge is 0.543 e. The van der Waals surface area contributed by atoms with Crippen LogP contribution in [0.15, 0.2) is 71.3 Å². The van der Waals surface area contributed by atoms with E-state index in [-0.39, 0.29) is 24.0 Å². The van der Waals surface area contributed by atoms with Crippen LogP contribution in [0.3, 0.4) is 0 Å². The molecule has 1 N–H and O–H groups in total. The summed E-state index contributed by atoms with van der Waals surface area (Å²) in [4.78, 5) is 24.5. The molecule has 0 spiro atoms. The van der Waals surface area contributed by atoms with Crippen LogP contribution < -0.4 is 14.5 Å². The molecule has 0 atom stereocenters. The van der Waals surface area contributed by atoms with Crippen LogP contribution in [0.1, 0.15) is 58.2 Å². The van der Waals surface area contributed by atoms with Crippen molar-refractivity contribution in [3.8, 4) is 22.6 Å². The van der Waals surface area contributed by atoms with Crippen LogP contribution >= 0.6 is 0 Å². The van der Waals surface area contributed by atoms with Crippen molar-refractivity contribution in [2.24, 2.45) is 0 Å². The first-order chi connectivity index (χ1) is 21.0. The van der Waals surface area contributed by atoms with Gasteiger partial charge in [-0.15, -0.1) is 0 Å². The van der Waals surface area contributed by atoms with Crippen LogP contribution in [0.4, 0.5) is 4.79 Å². The van der Waals surface area contributed by atoms with Gasteiger partial charge in [-0.2, -0.15) is 0 Å². The lowest BCUT2D eigenvalue weighted by Gasteiger charge is -2.36. The maximum Gasteiger partial charge on any atom is 0.407 e. The first-order valence-corrected chi connectivity index (χ1v) is 18.0. The normalized spacial score (nSPS) is 12.1. The van der Waals surface area contributed by atoms with Gasteiger partial charge in [-0.25, -0.2) is 4.79 Å². The van der Waals surface area contributed by atoms with E-state index < -0.39 is 20.0 Å². The summed E-state index contributed by atoms with van der Waals surface area (Å²) in [6.45, 7) is 17.0. The number of rotatable bonds is 10. The summed E-state index contributed by atoms with van der Waals surface area (Å²) < 4.78 is 29.0. The van der Waals surface area contributed by atoms with E-state index in [0.717, 1.165) is 39.0 Å². The number of alkyl carbamates (subject to hydrolysis) is 1. The molecule has 0 aliphatic carbocycles. The van der Waals surface area contributed by atoms with Crippen molar-refractivity contribution in [2.45, 2.75) is 84.8 Å². The van der Waals surface area contributed by atoms with Gasteiger partial charge in [-0.3, -0.25) is 4.79 Å². The second kappa shape index (κ2) is 13.4. The number of benzene rings is 3. The fraction of sp³-hybridized carbons (Fsp3) is 0.389. The first-order valence-electron chi connectivity index (χ1n) is 15.1. The van der Waals surface area contributed by atoms with Crippen LogP contribution in [-0.2, 0) is 33.8 Å². The number of ether oxygens (including phenoxy) is 3. The molecule has 0 aliphatic rings. The minimum absolute atomic E-state index is 0.0300. The molecule has 45 heavy (non-hydrogen) atoms. The molecule has 0 saturated carbocycles. The molecule has 4 rings (SSSR count). The summed E-state index contributed by atoms with van der Waals surface area (Å²) >= 11 is 0. The molecule has 0 saturated heterocycles. The van der Waals surface area contributed by atoms with Crippen molar-refractivity contribution in [1.82, 2.24) is 5.32 Å². The van der Waals surface area contributed by atoms with E-state index >= 15 is 0 Å². The smallest absolute Gasteiger partial charge is 0.407 e.